The lowest BCUT2D eigenvalue weighted by Gasteiger charge is -2.35. The molecule has 2 N–H and O–H groups in total. The van der Waals surface area contributed by atoms with E-state index in [1.807, 2.05) is 10.2 Å². The number of hydrogen-bond donors (Lipinski definition) is 2. The molecule has 4 rings (SSSR count). The van der Waals surface area contributed by atoms with Crippen molar-refractivity contribution in [3.8, 4) is 0 Å². The van der Waals surface area contributed by atoms with E-state index in [1.54, 1.807) is 30.5 Å². The zero-order valence-corrected chi connectivity index (χ0v) is 16.0. The average molecular weight is 420 g/mol. The Bertz CT molecular complexity index is 968. The Kier molecular flexibility index (Phi) is 4.96. The third-order valence-corrected chi connectivity index (χ3v) is 5.14. The fraction of sp³-hybridized carbons (Fsp3) is 0.368. The zero-order valence-electron chi connectivity index (χ0n) is 16.0. The van der Waals surface area contributed by atoms with Gasteiger partial charge in [0.2, 0.25) is 0 Å². The average Bonchev–Trinajstić information content (AvgIpc) is 3.12. The molecule has 2 bridgehead atoms. The summed E-state index contributed by atoms with van der Waals surface area (Å²) in [5.74, 6) is -0.359. The van der Waals surface area contributed by atoms with Crippen LogP contribution in [0.25, 0.3) is 0 Å². The van der Waals surface area contributed by atoms with E-state index in [0.29, 0.717) is 31.0 Å². The molecule has 11 heteroatoms. The van der Waals surface area contributed by atoms with Gasteiger partial charge in [-0.25, -0.2) is 14.8 Å². The molecule has 158 valence electrons. The van der Waals surface area contributed by atoms with Gasteiger partial charge in [0, 0.05) is 19.3 Å². The van der Waals surface area contributed by atoms with Gasteiger partial charge in [-0.05, 0) is 37.6 Å². The Labute approximate surface area is 170 Å². The smallest absolute Gasteiger partial charge is 0.366 e. The first-order chi connectivity index (χ1) is 14.2. The molecule has 3 amide bonds. The minimum Gasteiger partial charge on any atom is -0.366 e. The molecule has 2 aromatic heterocycles. The van der Waals surface area contributed by atoms with Crippen LogP contribution in [0.15, 0.2) is 36.5 Å². The van der Waals surface area contributed by atoms with E-state index in [1.165, 1.54) is 11.0 Å². The van der Waals surface area contributed by atoms with Crippen molar-refractivity contribution in [3.05, 3.63) is 42.2 Å². The molecule has 0 spiro atoms. The number of nitrogens with zero attached hydrogens (tertiary/aromatic N) is 4. The fourth-order valence-electron chi connectivity index (χ4n) is 3.56. The number of carbonyl (C=O) groups is 2. The molecule has 1 fully saturated rings. The summed E-state index contributed by atoms with van der Waals surface area (Å²) >= 11 is 0. The molecule has 0 radical (unpaired) electrons. The summed E-state index contributed by atoms with van der Waals surface area (Å²) in [6.45, 7) is 2.18. The largest absolute Gasteiger partial charge is 0.408 e. The van der Waals surface area contributed by atoms with Crippen molar-refractivity contribution in [2.45, 2.75) is 31.6 Å². The molecular weight excluding hydrogens is 401 g/mol. The summed E-state index contributed by atoms with van der Waals surface area (Å²) in [7, 11) is 0. The minimum absolute atomic E-state index is 0.166. The second-order valence-corrected chi connectivity index (χ2v) is 7.18. The van der Waals surface area contributed by atoms with Crippen LogP contribution < -0.4 is 20.4 Å². The molecular formula is C19H19F3N6O2. The van der Waals surface area contributed by atoms with Crippen molar-refractivity contribution in [3.63, 3.8) is 0 Å². The number of anilines is 3. The van der Waals surface area contributed by atoms with Gasteiger partial charge in [0.15, 0.2) is 5.82 Å². The third kappa shape index (κ3) is 3.74. The minimum atomic E-state index is -4.57. The van der Waals surface area contributed by atoms with E-state index < -0.39 is 24.2 Å². The number of fused-ring (bicyclic) bond motifs is 4. The number of hydrogen-bond acceptors (Lipinski definition) is 5. The molecule has 2 aliphatic heterocycles. The molecule has 4 heterocycles. The van der Waals surface area contributed by atoms with Crippen LogP contribution in [0.2, 0.25) is 0 Å². The number of halogens is 3. The zero-order chi connectivity index (χ0) is 21.5. The highest BCUT2D eigenvalue weighted by Gasteiger charge is 2.41. The van der Waals surface area contributed by atoms with Gasteiger partial charge in [-0.3, -0.25) is 15.0 Å². The number of carbonyl (C=O) groups excluding carboxylic acids is 2. The molecule has 8 nitrogen and oxygen atoms in total. The van der Waals surface area contributed by atoms with Crippen molar-refractivity contribution in [1.82, 2.24) is 15.3 Å². The summed E-state index contributed by atoms with van der Waals surface area (Å²) in [5, 5.41) is 4.60. The van der Waals surface area contributed by atoms with Gasteiger partial charge in [0.25, 0.3) is 5.91 Å². The predicted octanol–water partition coefficient (Wildman–Crippen LogP) is 2.79. The highest BCUT2D eigenvalue weighted by atomic mass is 19.4. The van der Waals surface area contributed by atoms with Crippen molar-refractivity contribution in [2.75, 3.05) is 28.2 Å². The molecule has 0 unspecified atom stereocenters. The number of urea groups is 1. The van der Waals surface area contributed by atoms with Crippen LogP contribution in [0.4, 0.5) is 35.3 Å². The number of alkyl halides is 3. The van der Waals surface area contributed by atoms with Gasteiger partial charge >= 0.3 is 12.2 Å². The van der Waals surface area contributed by atoms with Crippen LogP contribution in [0, 0.1) is 0 Å². The topological polar surface area (TPSA) is 90.5 Å². The fourth-order valence-corrected chi connectivity index (χ4v) is 3.56. The maximum Gasteiger partial charge on any atom is 0.408 e. The van der Waals surface area contributed by atoms with E-state index >= 15 is 0 Å². The Hall–Kier alpha value is -3.37. The van der Waals surface area contributed by atoms with E-state index in [4.69, 9.17) is 0 Å². The molecule has 2 aromatic rings. The Balaban J connectivity index is 1.63. The SMILES string of the molecule is C[C@H](NC(=O)c1ccc2c(n1)N(C(=O)Nc1ccccn1)[C@H]1CCN2C1)C(F)(F)F. The van der Waals surface area contributed by atoms with Gasteiger partial charge < -0.3 is 10.2 Å². The molecule has 30 heavy (non-hydrogen) atoms. The number of amides is 3. The number of aromatic nitrogens is 2. The lowest BCUT2D eigenvalue weighted by Crippen LogP contribution is -2.49. The normalized spacial score (nSPS) is 18.6. The standard InChI is InChI=1S/C19H19F3N6O2/c1-11(19(20,21)22)24-17(29)13-5-6-14-16(25-13)28(12-7-9-27(14)10-12)18(30)26-15-4-2-3-8-23-15/h2-6,8,11-12H,7,9-10H2,1H3,(H,24,29)(H,23,26,30)/t11-,12-/m0/s1. The van der Waals surface area contributed by atoms with Crippen molar-refractivity contribution >= 4 is 29.3 Å². The first-order valence-corrected chi connectivity index (χ1v) is 9.39. The van der Waals surface area contributed by atoms with Gasteiger partial charge in [-0.15, -0.1) is 0 Å². The van der Waals surface area contributed by atoms with E-state index in [9.17, 15) is 22.8 Å². The lowest BCUT2D eigenvalue weighted by atomic mass is 10.1. The third-order valence-electron chi connectivity index (χ3n) is 5.14. The van der Waals surface area contributed by atoms with Crippen LogP contribution in [0.3, 0.4) is 0 Å². The van der Waals surface area contributed by atoms with Crippen LogP contribution in [0.5, 0.6) is 0 Å². The Morgan fingerprint density at radius 3 is 2.73 bits per heavy atom. The summed E-state index contributed by atoms with van der Waals surface area (Å²) < 4.78 is 38.3. The highest BCUT2D eigenvalue weighted by Crippen LogP contribution is 2.39. The van der Waals surface area contributed by atoms with Crippen LogP contribution in [-0.2, 0) is 0 Å². The van der Waals surface area contributed by atoms with Crippen molar-refractivity contribution in [1.29, 1.82) is 0 Å². The highest BCUT2D eigenvalue weighted by molar-refractivity contribution is 6.05. The second kappa shape index (κ2) is 7.47. The molecule has 1 saturated heterocycles. The number of nitrogens with one attached hydrogen (secondary N) is 2. The molecule has 2 atom stereocenters. The van der Waals surface area contributed by atoms with E-state index in [0.717, 1.165) is 6.92 Å². The van der Waals surface area contributed by atoms with E-state index in [2.05, 4.69) is 15.3 Å². The second-order valence-electron chi connectivity index (χ2n) is 7.18. The van der Waals surface area contributed by atoms with Crippen LogP contribution in [-0.4, -0.2) is 53.3 Å². The summed E-state index contributed by atoms with van der Waals surface area (Å²) in [6, 6.07) is 5.41. The first-order valence-electron chi connectivity index (χ1n) is 9.39. The van der Waals surface area contributed by atoms with Crippen LogP contribution in [0.1, 0.15) is 23.8 Å². The number of pyridine rings is 2. The summed E-state index contributed by atoms with van der Waals surface area (Å²) in [6.07, 6.45) is -2.32. The summed E-state index contributed by atoms with van der Waals surface area (Å²) in [4.78, 5) is 37.1. The summed E-state index contributed by atoms with van der Waals surface area (Å²) in [5.41, 5.74) is 0.461. The Morgan fingerprint density at radius 2 is 2.03 bits per heavy atom. The van der Waals surface area contributed by atoms with Crippen molar-refractivity contribution in [2.24, 2.45) is 0 Å². The monoisotopic (exact) mass is 420 g/mol. The molecule has 0 aromatic carbocycles. The van der Waals surface area contributed by atoms with Gasteiger partial charge in [-0.1, -0.05) is 6.07 Å². The maximum absolute atomic E-state index is 13.0. The van der Waals surface area contributed by atoms with Gasteiger partial charge in [-0.2, -0.15) is 13.2 Å². The van der Waals surface area contributed by atoms with Gasteiger partial charge in [0.05, 0.1) is 11.7 Å². The van der Waals surface area contributed by atoms with Crippen LogP contribution >= 0.6 is 0 Å². The van der Waals surface area contributed by atoms with E-state index in [-0.39, 0.29) is 17.6 Å². The quantitative estimate of drug-likeness (QED) is 0.797. The van der Waals surface area contributed by atoms with Gasteiger partial charge in [0.1, 0.15) is 17.6 Å². The Morgan fingerprint density at radius 1 is 1.23 bits per heavy atom. The van der Waals surface area contributed by atoms with Crippen molar-refractivity contribution < 1.29 is 22.8 Å². The molecule has 0 aliphatic carbocycles. The maximum atomic E-state index is 13.0. The molecule has 0 saturated carbocycles. The first kappa shape index (κ1) is 19.9. The lowest BCUT2D eigenvalue weighted by molar-refractivity contribution is -0.149. The molecule has 2 aliphatic rings. The predicted molar refractivity (Wildman–Crippen MR) is 104 cm³/mol. The number of rotatable bonds is 3.